The molecule has 0 saturated carbocycles. The molecule has 8 nitrogen and oxygen atoms in total. The van der Waals surface area contributed by atoms with Gasteiger partial charge in [-0.2, -0.15) is 0 Å². The molecule has 0 bridgehead atoms. The number of anilines is 1. The third-order valence-corrected chi connectivity index (χ3v) is 3.33. The number of benzene rings is 2. The molecular weight excluding hydrogens is 345 g/mol. The lowest BCUT2D eigenvalue weighted by molar-refractivity contribution is -0.385. The summed E-state index contributed by atoms with van der Waals surface area (Å²) < 4.78 is 18.3. The average Bonchev–Trinajstić information content (AvgIpc) is 2.59. The van der Waals surface area contributed by atoms with E-state index < -0.39 is 29.2 Å². The molecule has 1 N–H and O–H groups in total. The average molecular weight is 361 g/mol. The van der Waals surface area contributed by atoms with E-state index in [0.717, 1.165) is 11.0 Å². The summed E-state index contributed by atoms with van der Waals surface area (Å²) in [6.45, 7) is -0.746. The molecule has 2 rings (SSSR count). The molecule has 2 aromatic rings. The van der Waals surface area contributed by atoms with Crippen molar-refractivity contribution in [3.05, 3.63) is 64.5 Å². The summed E-state index contributed by atoms with van der Waals surface area (Å²) in [7, 11) is 1.39. The number of likely N-dealkylation sites (N-methyl/N-ethyl adjacent to an activating group) is 1. The molecule has 2 amide bonds. The van der Waals surface area contributed by atoms with E-state index in [9.17, 15) is 24.1 Å². The monoisotopic (exact) mass is 361 g/mol. The molecule has 26 heavy (non-hydrogen) atoms. The van der Waals surface area contributed by atoms with Crippen LogP contribution in [0.3, 0.4) is 0 Å². The summed E-state index contributed by atoms with van der Waals surface area (Å²) in [5, 5.41) is 13.4. The fourth-order valence-electron chi connectivity index (χ4n) is 2.05. The minimum atomic E-state index is -0.615. The van der Waals surface area contributed by atoms with E-state index in [1.54, 1.807) is 6.07 Å². The van der Waals surface area contributed by atoms with Crippen molar-refractivity contribution in [2.45, 2.75) is 0 Å². The topological polar surface area (TPSA) is 102 Å². The second kappa shape index (κ2) is 8.56. The van der Waals surface area contributed by atoms with Gasteiger partial charge in [0.25, 0.3) is 5.91 Å². The maximum Gasteiger partial charge on any atom is 0.310 e. The van der Waals surface area contributed by atoms with Crippen molar-refractivity contribution in [2.75, 3.05) is 25.5 Å². The number of rotatable bonds is 7. The number of nitrogens with zero attached hydrogens (tertiary/aromatic N) is 2. The molecule has 0 aliphatic carbocycles. The summed E-state index contributed by atoms with van der Waals surface area (Å²) in [6, 6.07) is 11.0. The summed E-state index contributed by atoms with van der Waals surface area (Å²) in [6.07, 6.45) is 0. The van der Waals surface area contributed by atoms with Gasteiger partial charge in [0.05, 0.1) is 11.5 Å². The van der Waals surface area contributed by atoms with E-state index in [4.69, 9.17) is 4.74 Å². The van der Waals surface area contributed by atoms with Gasteiger partial charge >= 0.3 is 5.69 Å². The fraction of sp³-hybridized carbons (Fsp3) is 0.176. The first-order chi connectivity index (χ1) is 12.4. The molecule has 0 heterocycles. The first kappa shape index (κ1) is 18.8. The Hall–Kier alpha value is -3.49. The van der Waals surface area contributed by atoms with Gasteiger partial charge in [-0.15, -0.1) is 0 Å². The van der Waals surface area contributed by atoms with Gasteiger partial charge in [0.2, 0.25) is 5.91 Å². The van der Waals surface area contributed by atoms with Gasteiger partial charge in [0.1, 0.15) is 5.82 Å². The molecule has 0 unspecified atom stereocenters. The van der Waals surface area contributed by atoms with E-state index in [1.165, 1.54) is 43.4 Å². The molecule has 0 fully saturated rings. The Labute approximate surface area is 148 Å². The maximum absolute atomic E-state index is 13.1. The number of hydrogen-bond acceptors (Lipinski definition) is 5. The third kappa shape index (κ3) is 5.26. The quantitative estimate of drug-likeness (QED) is 0.602. The van der Waals surface area contributed by atoms with Gasteiger partial charge in [0, 0.05) is 18.8 Å². The summed E-state index contributed by atoms with van der Waals surface area (Å²) >= 11 is 0. The lowest BCUT2D eigenvalue weighted by atomic mass is 10.3. The van der Waals surface area contributed by atoms with E-state index in [1.807, 2.05) is 0 Å². The predicted molar refractivity (Wildman–Crippen MR) is 91.3 cm³/mol. The second-order valence-electron chi connectivity index (χ2n) is 5.32. The number of nitrogens with one attached hydrogen (secondary N) is 1. The Morgan fingerprint density at radius 2 is 1.96 bits per heavy atom. The number of para-hydroxylation sites is 2. The van der Waals surface area contributed by atoms with Crippen molar-refractivity contribution in [3.63, 3.8) is 0 Å². The maximum atomic E-state index is 13.1. The van der Waals surface area contributed by atoms with E-state index >= 15 is 0 Å². The molecule has 0 aliphatic heterocycles. The highest BCUT2D eigenvalue weighted by atomic mass is 19.1. The number of nitro groups is 1. The van der Waals surface area contributed by atoms with E-state index in [2.05, 4.69) is 5.32 Å². The van der Waals surface area contributed by atoms with Gasteiger partial charge in [-0.3, -0.25) is 19.7 Å². The summed E-state index contributed by atoms with van der Waals surface area (Å²) in [5.41, 5.74) is 0.0128. The Kier molecular flexibility index (Phi) is 6.20. The van der Waals surface area contributed by atoms with Crippen molar-refractivity contribution in [2.24, 2.45) is 0 Å². The SMILES string of the molecule is CN(CC(=O)Nc1cccc(F)c1)C(=O)COc1ccccc1[N+](=O)[O-]. The van der Waals surface area contributed by atoms with Crippen molar-refractivity contribution in [1.29, 1.82) is 0 Å². The normalized spacial score (nSPS) is 10.1. The van der Waals surface area contributed by atoms with E-state index in [0.29, 0.717) is 0 Å². The van der Waals surface area contributed by atoms with Crippen LogP contribution in [-0.4, -0.2) is 41.8 Å². The highest BCUT2D eigenvalue weighted by molar-refractivity contribution is 5.94. The van der Waals surface area contributed by atoms with Gasteiger partial charge < -0.3 is 15.0 Å². The minimum Gasteiger partial charge on any atom is -0.477 e. The Morgan fingerprint density at radius 1 is 1.23 bits per heavy atom. The molecule has 0 aromatic heterocycles. The van der Waals surface area contributed by atoms with Crippen LogP contribution in [0.1, 0.15) is 0 Å². The number of carbonyl (C=O) groups is 2. The molecule has 0 atom stereocenters. The number of carbonyl (C=O) groups excluding carboxylic acids is 2. The van der Waals surface area contributed by atoms with Crippen LogP contribution in [0, 0.1) is 15.9 Å². The molecule has 136 valence electrons. The lowest BCUT2D eigenvalue weighted by Crippen LogP contribution is -2.37. The highest BCUT2D eigenvalue weighted by Crippen LogP contribution is 2.25. The lowest BCUT2D eigenvalue weighted by Gasteiger charge is -2.17. The van der Waals surface area contributed by atoms with Crippen LogP contribution < -0.4 is 10.1 Å². The summed E-state index contributed by atoms with van der Waals surface area (Å²) in [5.74, 6) is -1.59. The second-order valence-corrected chi connectivity index (χ2v) is 5.32. The zero-order valence-corrected chi connectivity index (χ0v) is 13.8. The first-order valence-electron chi connectivity index (χ1n) is 7.52. The van der Waals surface area contributed by atoms with Crippen molar-refractivity contribution in [1.82, 2.24) is 4.90 Å². The van der Waals surface area contributed by atoms with Crippen LogP contribution in [0.2, 0.25) is 0 Å². The Bertz CT molecular complexity index is 828. The molecule has 0 aliphatic rings. The first-order valence-corrected chi connectivity index (χ1v) is 7.52. The largest absolute Gasteiger partial charge is 0.477 e. The van der Waals surface area contributed by atoms with E-state index in [-0.39, 0.29) is 23.7 Å². The molecule has 0 spiro atoms. The number of ether oxygens (including phenoxy) is 1. The van der Waals surface area contributed by atoms with Gasteiger partial charge in [0.15, 0.2) is 12.4 Å². The molecule has 0 radical (unpaired) electrons. The Balaban J connectivity index is 1.87. The minimum absolute atomic E-state index is 0.0385. The van der Waals surface area contributed by atoms with Crippen LogP contribution in [0.25, 0.3) is 0 Å². The van der Waals surface area contributed by atoms with Crippen LogP contribution in [0.5, 0.6) is 5.75 Å². The van der Waals surface area contributed by atoms with Crippen LogP contribution in [0.4, 0.5) is 15.8 Å². The molecule has 2 aromatic carbocycles. The number of nitro benzene ring substituents is 1. The zero-order chi connectivity index (χ0) is 19.1. The molecule has 9 heteroatoms. The van der Waals surface area contributed by atoms with Crippen molar-refractivity contribution < 1.29 is 23.6 Å². The highest BCUT2D eigenvalue weighted by Gasteiger charge is 2.18. The predicted octanol–water partition coefficient (Wildman–Crippen LogP) is 2.21. The number of halogens is 1. The third-order valence-electron chi connectivity index (χ3n) is 3.33. The van der Waals surface area contributed by atoms with Crippen molar-refractivity contribution >= 4 is 23.2 Å². The van der Waals surface area contributed by atoms with Crippen molar-refractivity contribution in [3.8, 4) is 5.75 Å². The molecule has 0 saturated heterocycles. The van der Waals surface area contributed by atoms with Gasteiger partial charge in [-0.05, 0) is 24.3 Å². The summed E-state index contributed by atoms with van der Waals surface area (Å²) in [4.78, 5) is 35.3. The number of amides is 2. The smallest absolute Gasteiger partial charge is 0.310 e. The standard InChI is InChI=1S/C17H16FN3O5/c1-20(10-16(22)19-13-6-4-5-12(18)9-13)17(23)11-26-15-8-3-2-7-14(15)21(24)25/h2-9H,10-11H2,1H3,(H,19,22). The van der Waals surface area contributed by atoms with Crippen LogP contribution in [-0.2, 0) is 9.59 Å². The zero-order valence-electron chi connectivity index (χ0n) is 13.8. The fourth-order valence-corrected chi connectivity index (χ4v) is 2.05. The van der Waals surface area contributed by atoms with Gasteiger partial charge in [-0.25, -0.2) is 4.39 Å². The Morgan fingerprint density at radius 3 is 2.65 bits per heavy atom. The number of hydrogen-bond donors (Lipinski definition) is 1. The van der Waals surface area contributed by atoms with Gasteiger partial charge in [-0.1, -0.05) is 18.2 Å². The molecular formula is C17H16FN3O5. The van der Waals surface area contributed by atoms with Crippen LogP contribution >= 0.6 is 0 Å². The van der Waals surface area contributed by atoms with Crippen LogP contribution in [0.15, 0.2) is 48.5 Å².